The molecule has 0 unspecified atom stereocenters. The molecule has 1 rings (SSSR count). The first-order valence-corrected chi connectivity index (χ1v) is 7.39. The SMILES string of the molecule is COc1cc(CNCC(=O)OC(C)(C)C)cc(Br)c1OC. The van der Waals surface area contributed by atoms with Gasteiger partial charge in [-0.25, -0.2) is 0 Å². The summed E-state index contributed by atoms with van der Waals surface area (Å²) in [5.41, 5.74) is 0.508. The maximum atomic E-state index is 11.6. The first kappa shape index (κ1) is 17.8. The predicted octanol–water partition coefficient (Wildman–Crippen LogP) is 2.90. The van der Waals surface area contributed by atoms with E-state index in [9.17, 15) is 4.79 Å². The monoisotopic (exact) mass is 359 g/mol. The standard InChI is InChI=1S/C15H22BrNO4/c1-15(2,3)21-13(18)9-17-8-10-6-11(16)14(20-5)12(7-10)19-4/h6-7,17H,8-9H2,1-5H3. The zero-order valence-electron chi connectivity index (χ0n) is 13.1. The van der Waals surface area contributed by atoms with Crippen molar-refractivity contribution in [2.24, 2.45) is 0 Å². The van der Waals surface area contributed by atoms with Crippen molar-refractivity contribution < 1.29 is 19.0 Å². The Morgan fingerprint density at radius 2 is 1.90 bits per heavy atom. The Bertz CT molecular complexity index is 497. The molecule has 0 aliphatic carbocycles. The van der Waals surface area contributed by atoms with E-state index < -0.39 is 5.60 Å². The van der Waals surface area contributed by atoms with Crippen molar-refractivity contribution in [3.05, 3.63) is 22.2 Å². The summed E-state index contributed by atoms with van der Waals surface area (Å²) in [6.45, 7) is 6.21. The Morgan fingerprint density at radius 1 is 1.24 bits per heavy atom. The van der Waals surface area contributed by atoms with E-state index in [1.807, 2.05) is 32.9 Å². The van der Waals surface area contributed by atoms with Crippen LogP contribution in [0, 0.1) is 0 Å². The van der Waals surface area contributed by atoms with Crippen molar-refractivity contribution in [2.75, 3.05) is 20.8 Å². The summed E-state index contributed by atoms with van der Waals surface area (Å²) < 4.78 is 16.6. The van der Waals surface area contributed by atoms with Crippen LogP contribution in [0.15, 0.2) is 16.6 Å². The van der Waals surface area contributed by atoms with Crippen LogP contribution in [0.2, 0.25) is 0 Å². The zero-order chi connectivity index (χ0) is 16.0. The minimum absolute atomic E-state index is 0.156. The number of hydrogen-bond acceptors (Lipinski definition) is 5. The average molecular weight is 360 g/mol. The van der Waals surface area contributed by atoms with E-state index in [4.69, 9.17) is 14.2 Å². The first-order valence-electron chi connectivity index (χ1n) is 6.60. The average Bonchev–Trinajstić information content (AvgIpc) is 2.35. The van der Waals surface area contributed by atoms with E-state index in [1.54, 1.807) is 14.2 Å². The molecule has 118 valence electrons. The zero-order valence-corrected chi connectivity index (χ0v) is 14.7. The quantitative estimate of drug-likeness (QED) is 0.791. The van der Waals surface area contributed by atoms with E-state index in [1.165, 1.54) is 0 Å². The molecule has 0 amide bonds. The van der Waals surface area contributed by atoms with Gasteiger partial charge in [-0.2, -0.15) is 0 Å². The third kappa shape index (κ3) is 5.93. The van der Waals surface area contributed by atoms with Crippen LogP contribution in [0.1, 0.15) is 26.3 Å². The molecule has 6 heteroatoms. The molecule has 0 spiro atoms. The summed E-state index contributed by atoms with van der Waals surface area (Å²) in [7, 11) is 3.17. The highest BCUT2D eigenvalue weighted by Gasteiger charge is 2.16. The van der Waals surface area contributed by atoms with Crippen molar-refractivity contribution in [1.82, 2.24) is 5.32 Å². The topological polar surface area (TPSA) is 56.8 Å². The lowest BCUT2D eigenvalue weighted by Gasteiger charge is -2.19. The van der Waals surface area contributed by atoms with Gasteiger partial charge in [0.2, 0.25) is 0 Å². The fourth-order valence-corrected chi connectivity index (χ4v) is 2.41. The normalized spacial score (nSPS) is 11.1. The lowest BCUT2D eigenvalue weighted by molar-refractivity contribution is -0.153. The van der Waals surface area contributed by atoms with Crippen LogP contribution in [0.5, 0.6) is 11.5 Å². The molecule has 0 bridgehead atoms. The molecule has 21 heavy (non-hydrogen) atoms. The summed E-state index contributed by atoms with van der Waals surface area (Å²) in [5.74, 6) is 1.01. The lowest BCUT2D eigenvalue weighted by atomic mass is 10.2. The van der Waals surface area contributed by atoms with Gasteiger partial charge in [0.1, 0.15) is 5.60 Å². The molecule has 0 atom stereocenters. The third-order valence-electron chi connectivity index (χ3n) is 2.51. The number of hydrogen-bond donors (Lipinski definition) is 1. The summed E-state index contributed by atoms with van der Waals surface area (Å²) in [5, 5.41) is 3.05. The Labute approximate surface area is 134 Å². The molecule has 0 saturated heterocycles. The maximum Gasteiger partial charge on any atom is 0.320 e. The molecule has 0 aliphatic rings. The largest absolute Gasteiger partial charge is 0.493 e. The molecule has 0 radical (unpaired) electrons. The molecule has 0 heterocycles. The van der Waals surface area contributed by atoms with E-state index in [0.717, 1.165) is 10.0 Å². The van der Waals surface area contributed by atoms with Crippen LogP contribution in [0.4, 0.5) is 0 Å². The molecule has 1 aromatic rings. The van der Waals surface area contributed by atoms with Crippen LogP contribution < -0.4 is 14.8 Å². The van der Waals surface area contributed by atoms with Gasteiger partial charge in [0.25, 0.3) is 0 Å². The van der Waals surface area contributed by atoms with E-state index in [0.29, 0.717) is 18.0 Å². The van der Waals surface area contributed by atoms with Crippen molar-refractivity contribution in [2.45, 2.75) is 32.9 Å². The van der Waals surface area contributed by atoms with E-state index >= 15 is 0 Å². The van der Waals surface area contributed by atoms with Crippen LogP contribution in [0.25, 0.3) is 0 Å². The molecule has 0 fully saturated rings. The van der Waals surface area contributed by atoms with Gasteiger partial charge >= 0.3 is 5.97 Å². The summed E-state index contributed by atoms with van der Waals surface area (Å²) in [6.07, 6.45) is 0. The fraction of sp³-hybridized carbons (Fsp3) is 0.533. The summed E-state index contributed by atoms with van der Waals surface area (Å²) >= 11 is 3.44. The smallest absolute Gasteiger partial charge is 0.320 e. The highest BCUT2D eigenvalue weighted by Crippen LogP contribution is 2.36. The molecule has 0 saturated carbocycles. The number of benzene rings is 1. The number of nitrogens with one attached hydrogen (secondary N) is 1. The van der Waals surface area contributed by atoms with Crippen LogP contribution >= 0.6 is 15.9 Å². The van der Waals surface area contributed by atoms with Crippen molar-refractivity contribution >= 4 is 21.9 Å². The Morgan fingerprint density at radius 3 is 2.43 bits per heavy atom. The molecule has 0 aliphatic heterocycles. The molecule has 5 nitrogen and oxygen atoms in total. The number of rotatable bonds is 6. The van der Waals surface area contributed by atoms with Gasteiger partial charge in [-0.05, 0) is 54.4 Å². The Kier molecular flexibility index (Phi) is 6.48. The number of halogens is 1. The Hall–Kier alpha value is -1.27. The number of carbonyl (C=O) groups excluding carboxylic acids is 1. The van der Waals surface area contributed by atoms with E-state index in [-0.39, 0.29) is 12.5 Å². The Balaban J connectivity index is 2.60. The van der Waals surface area contributed by atoms with Crippen molar-refractivity contribution in [1.29, 1.82) is 0 Å². The number of carbonyl (C=O) groups is 1. The molecular weight excluding hydrogens is 338 g/mol. The summed E-state index contributed by atoms with van der Waals surface area (Å²) in [6, 6.07) is 3.79. The molecule has 1 N–H and O–H groups in total. The van der Waals surface area contributed by atoms with Gasteiger partial charge < -0.3 is 19.5 Å². The van der Waals surface area contributed by atoms with Gasteiger partial charge in [-0.15, -0.1) is 0 Å². The van der Waals surface area contributed by atoms with Gasteiger partial charge in [0.15, 0.2) is 11.5 Å². The second kappa shape index (κ2) is 7.66. The highest BCUT2D eigenvalue weighted by atomic mass is 79.9. The van der Waals surface area contributed by atoms with Crippen LogP contribution in [-0.4, -0.2) is 32.3 Å². The minimum Gasteiger partial charge on any atom is -0.493 e. The van der Waals surface area contributed by atoms with Gasteiger partial charge in [0, 0.05) is 6.54 Å². The van der Waals surface area contributed by atoms with Crippen molar-refractivity contribution in [3.8, 4) is 11.5 Å². The molecular formula is C15H22BrNO4. The second-order valence-corrected chi connectivity index (χ2v) is 6.36. The minimum atomic E-state index is -0.467. The van der Waals surface area contributed by atoms with Crippen LogP contribution in [0.3, 0.4) is 0 Å². The molecule has 1 aromatic carbocycles. The van der Waals surface area contributed by atoms with Gasteiger partial charge in [0.05, 0.1) is 25.2 Å². The summed E-state index contributed by atoms with van der Waals surface area (Å²) in [4.78, 5) is 11.6. The second-order valence-electron chi connectivity index (χ2n) is 5.50. The van der Waals surface area contributed by atoms with Crippen LogP contribution in [-0.2, 0) is 16.1 Å². The van der Waals surface area contributed by atoms with E-state index in [2.05, 4.69) is 21.2 Å². The lowest BCUT2D eigenvalue weighted by Crippen LogP contribution is -2.31. The number of ether oxygens (including phenoxy) is 3. The maximum absolute atomic E-state index is 11.6. The first-order chi connectivity index (χ1) is 9.76. The number of esters is 1. The third-order valence-corrected chi connectivity index (χ3v) is 3.10. The highest BCUT2D eigenvalue weighted by molar-refractivity contribution is 9.10. The molecule has 0 aromatic heterocycles. The van der Waals surface area contributed by atoms with Gasteiger partial charge in [-0.3, -0.25) is 4.79 Å². The van der Waals surface area contributed by atoms with Crippen molar-refractivity contribution in [3.63, 3.8) is 0 Å². The predicted molar refractivity (Wildman–Crippen MR) is 84.8 cm³/mol. The fourth-order valence-electron chi connectivity index (χ4n) is 1.76. The number of methoxy groups -OCH3 is 2. The van der Waals surface area contributed by atoms with Gasteiger partial charge in [-0.1, -0.05) is 0 Å².